The molecule has 0 aliphatic heterocycles. The van der Waals surface area contributed by atoms with E-state index in [9.17, 15) is 8.42 Å². The van der Waals surface area contributed by atoms with Crippen LogP contribution >= 0.6 is 0 Å². The van der Waals surface area contributed by atoms with Gasteiger partial charge in [0, 0.05) is 5.75 Å². The zero-order chi connectivity index (χ0) is 7.49. The summed E-state index contributed by atoms with van der Waals surface area (Å²) in [4.78, 5) is 0. The van der Waals surface area contributed by atoms with Crippen LogP contribution in [0.3, 0.4) is 0 Å². The Morgan fingerprint density at radius 1 is 1.44 bits per heavy atom. The summed E-state index contributed by atoms with van der Waals surface area (Å²) >= 11 is 0. The molecule has 56 valence electrons. The van der Waals surface area contributed by atoms with Gasteiger partial charge in [0.2, 0.25) is 0 Å². The van der Waals surface area contributed by atoms with E-state index in [0.29, 0.717) is 0 Å². The second-order valence-electron chi connectivity index (χ2n) is 1.68. The first-order chi connectivity index (χ1) is 3.98. The third kappa shape index (κ3) is 4.38. The molecule has 0 saturated heterocycles. The van der Waals surface area contributed by atoms with Gasteiger partial charge in [0.1, 0.15) is 5.75 Å². The lowest BCUT2D eigenvalue weighted by atomic mass is 10.8. The topological polar surface area (TPSA) is 74.6 Å². The number of aliphatic hydroxyl groups is 2. The first-order valence-corrected chi connectivity index (χ1v) is 4.36. The van der Waals surface area contributed by atoms with Gasteiger partial charge in [-0.25, -0.2) is 8.42 Å². The summed E-state index contributed by atoms with van der Waals surface area (Å²) in [6.45, 7) is 1.46. The maximum absolute atomic E-state index is 10.5. The van der Waals surface area contributed by atoms with Gasteiger partial charge in [0.25, 0.3) is 0 Å². The fraction of sp³-hybridized carbons (Fsp3) is 1.00. The Kier molecular flexibility index (Phi) is 3.10. The molecule has 0 amide bonds. The third-order valence-electron chi connectivity index (χ3n) is 0.843. The summed E-state index contributed by atoms with van der Waals surface area (Å²) in [7, 11) is -3.22. The molecule has 0 aromatic heterocycles. The minimum atomic E-state index is -3.22. The molecule has 2 N–H and O–H groups in total. The van der Waals surface area contributed by atoms with Gasteiger partial charge in [-0.15, -0.1) is 0 Å². The highest BCUT2D eigenvalue weighted by atomic mass is 32.2. The predicted octanol–water partition coefficient (Wildman–Crippen LogP) is -1.27. The molecule has 0 radical (unpaired) electrons. The van der Waals surface area contributed by atoms with Crippen molar-refractivity contribution in [3.05, 3.63) is 0 Å². The third-order valence-corrected chi connectivity index (χ3v) is 2.53. The van der Waals surface area contributed by atoms with Crippen LogP contribution in [-0.2, 0) is 9.84 Å². The fourth-order valence-corrected chi connectivity index (χ4v) is 1.03. The number of aliphatic hydroxyl groups excluding tert-OH is 1. The number of sulfone groups is 1. The van der Waals surface area contributed by atoms with Gasteiger partial charge in [-0.3, -0.25) is 0 Å². The van der Waals surface area contributed by atoms with E-state index in [-0.39, 0.29) is 5.75 Å². The van der Waals surface area contributed by atoms with Crippen LogP contribution in [0.5, 0.6) is 0 Å². The first kappa shape index (κ1) is 8.87. The molecule has 0 aromatic rings. The van der Waals surface area contributed by atoms with Crippen molar-refractivity contribution in [2.75, 3.05) is 11.5 Å². The molecule has 0 heterocycles. The molecule has 0 spiro atoms. The van der Waals surface area contributed by atoms with Crippen molar-refractivity contribution >= 4 is 9.84 Å². The van der Waals surface area contributed by atoms with Crippen LogP contribution in [0.4, 0.5) is 0 Å². The van der Waals surface area contributed by atoms with Gasteiger partial charge in [-0.05, 0) is 0 Å². The van der Waals surface area contributed by atoms with E-state index in [4.69, 9.17) is 10.2 Å². The van der Waals surface area contributed by atoms with Crippen molar-refractivity contribution in [2.45, 2.75) is 13.2 Å². The molecule has 0 aliphatic rings. The average Bonchev–Trinajstić information content (AvgIpc) is 1.63. The summed E-state index contributed by atoms with van der Waals surface area (Å²) in [5, 5.41) is 16.4. The Bertz CT molecular complexity index is 157. The van der Waals surface area contributed by atoms with Crippen molar-refractivity contribution in [1.82, 2.24) is 0 Å². The molecule has 0 rings (SSSR count). The van der Waals surface area contributed by atoms with Crippen LogP contribution in [-0.4, -0.2) is 36.4 Å². The molecule has 0 unspecified atom stereocenters. The largest absolute Gasteiger partial charge is 0.367 e. The van der Waals surface area contributed by atoms with Crippen molar-refractivity contribution in [3.8, 4) is 0 Å². The fourth-order valence-electron chi connectivity index (χ4n) is 0.345. The standard InChI is InChI=1S/C4H10O4S/c1-2-9(7,8)3-4(5)6/h4-6H,2-3H2,1H3. The molecular formula is C4H10O4S. The molecular weight excluding hydrogens is 144 g/mol. The van der Waals surface area contributed by atoms with Crippen molar-refractivity contribution in [1.29, 1.82) is 0 Å². The SMILES string of the molecule is CCS(=O)(=O)CC(O)O. The zero-order valence-corrected chi connectivity index (χ0v) is 5.93. The Labute approximate surface area is 54.0 Å². The number of rotatable bonds is 3. The molecule has 0 saturated carbocycles. The molecule has 5 heteroatoms. The van der Waals surface area contributed by atoms with Crippen LogP contribution in [0.25, 0.3) is 0 Å². The van der Waals surface area contributed by atoms with E-state index in [1.54, 1.807) is 0 Å². The van der Waals surface area contributed by atoms with Crippen molar-refractivity contribution in [2.24, 2.45) is 0 Å². The molecule has 4 nitrogen and oxygen atoms in total. The predicted molar refractivity (Wildman–Crippen MR) is 32.6 cm³/mol. The maximum atomic E-state index is 10.5. The van der Waals surface area contributed by atoms with Crippen LogP contribution in [0.15, 0.2) is 0 Å². The lowest BCUT2D eigenvalue weighted by Crippen LogP contribution is -2.21. The van der Waals surface area contributed by atoms with Gasteiger partial charge in [-0.1, -0.05) is 6.92 Å². The molecule has 0 fully saturated rings. The highest BCUT2D eigenvalue weighted by molar-refractivity contribution is 7.91. The van der Waals surface area contributed by atoms with Crippen LogP contribution < -0.4 is 0 Å². The Morgan fingerprint density at radius 3 is 2.00 bits per heavy atom. The summed E-state index contributed by atoms with van der Waals surface area (Å²) < 4.78 is 21.0. The van der Waals surface area contributed by atoms with E-state index >= 15 is 0 Å². The van der Waals surface area contributed by atoms with Crippen LogP contribution in [0, 0.1) is 0 Å². The van der Waals surface area contributed by atoms with Crippen molar-refractivity contribution in [3.63, 3.8) is 0 Å². The van der Waals surface area contributed by atoms with Crippen LogP contribution in [0.2, 0.25) is 0 Å². The quantitative estimate of drug-likeness (QED) is 0.497. The van der Waals surface area contributed by atoms with Gasteiger partial charge in [-0.2, -0.15) is 0 Å². The second-order valence-corrected chi connectivity index (χ2v) is 4.08. The summed E-state index contributed by atoms with van der Waals surface area (Å²) in [5.41, 5.74) is 0. The minimum Gasteiger partial charge on any atom is -0.367 e. The lowest BCUT2D eigenvalue weighted by molar-refractivity contribution is -0.0198. The Hall–Kier alpha value is -0.130. The summed E-state index contributed by atoms with van der Waals surface area (Å²) in [5.74, 6) is -0.617. The van der Waals surface area contributed by atoms with Crippen LogP contribution in [0.1, 0.15) is 6.92 Å². The summed E-state index contributed by atoms with van der Waals surface area (Å²) in [6, 6.07) is 0. The first-order valence-electron chi connectivity index (χ1n) is 2.54. The normalized spacial score (nSPS) is 12.4. The smallest absolute Gasteiger partial charge is 0.165 e. The van der Waals surface area contributed by atoms with Gasteiger partial charge in [0.05, 0.1) is 0 Å². The molecule has 0 aromatic carbocycles. The van der Waals surface area contributed by atoms with E-state index < -0.39 is 21.9 Å². The number of hydrogen-bond acceptors (Lipinski definition) is 4. The Morgan fingerprint density at radius 2 is 1.89 bits per heavy atom. The highest BCUT2D eigenvalue weighted by Gasteiger charge is 2.11. The summed E-state index contributed by atoms with van der Waals surface area (Å²) in [6.07, 6.45) is -1.74. The molecule has 9 heavy (non-hydrogen) atoms. The number of hydrogen-bond donors (Lipinski definition) is 2. The van der Waals surface area contributed by atoms with Gasteiger partial charge >= 0.3 is 0 Å². The Balaban J connectivity index is 3.90. The second kappa shape index (κ2) is 3.14. The monoisotopic (exact) mass is 154 g/mol. The van der Waals surface area contributed by atoms with Crippen molar-refractivity contribution < 1.29 is 18.6 Å². The lowest BCUT2D eigenvalue weighted by Gasteiger charge is -2.00. The van der Waals surface area contributed by atoms with Gasteiger partial charge in [0.15, 0.2) is 16.1 Å². The van der Waals surface area contributed by atoms with E-state index in [0.717, 1.165) is 0 Å². The van der Waals surface area contributed by atoms with E-state index in [1.807, 2.05) is 0 Å². The highest BCUT2D eigenvalue weighted by Crippen LogP contribution is 1.90. The average molecular weight is 154 g/mol. The zero-order valence-electron chi connectivity index (χ0n) is 5.11. The minimum absolute atomic E-state index is 0.0510. The molecule has 0 atom stereocenters. The molecule has 0 bridgehead atoms. The molecule has 0 aliphatic carbocycles. The van der Waals surface area contributed by atoms with E-state index in [1.165, 1.54) is 6.92 Å². The van der Waals surface area contributed by atoms with Gasteiger partial charge < -0.3 is 10.2 Å². The maximum Gasteiger partial charge on any atom is 0.165 e. The van der Waals surface area contributed by atoms with E-state index in [2.05, 4.69) is 0 Å².